The first-order chi connectivity index (χ1) is 8.59. The van der Waals surface area contributed by atoms with Crippen molar-refractivity contribution in [3.05, 3.63) is 24.0 Å². The molecular weight excluding hydrogens is 234 g/mol. The number of carboxylic acid groups (broad SMARTS) is 1. The van der Waals surface area contributed by atoms with Crippen LogP contribution in [0.15, 0.2) is 18.3 Å². The summed E-state index contributed by atoms with van der Waals surface area (Å²) in [5.41, 5.74) is 5.93. The molecule has 1 atom stereocenters. The van der Waals surface area contributed by atoms with E-state index in [9.17, 15) is 14.7 Å². The molecule has 0 spiro atoms. The molecule has 1 aromatic rings. The monoisotopic (exact) mass is 251 g/mol. The summed E-state index contributed by atoms with van der Waals surface area (Å²) in [4.78, 5) is 27.2. The van der Waals surface area contributed by atoms with Gasteiger partial charge in [0.05, 0.1) is 0 Å². The zero-order chi connectivity index (χ0) is 13.1. The van der Waals surface area contributed by atoms with Gasteiger partial charge < -0.3 is 15.8 Å². The number of aromatic nitrogens is 1. The first kappa shape index (κ1) is 12.6. The molecule has 1 unspecified atom stereocenters. The van der Waals surface area contributed by atoms with Crippen molar-refractivity contribution in [1.29, 1.82) is 0 Å². The van der Waals surface area contributed by atoms with Gasteiger partial charge in [-0.2, -0.15) is 0 Å². The van der Waals surface area contributed by atoms with E-state index >= 15 is 0 Å². The van der Waals surface area contributed by atoms with E-state index in [2.05, 4.69) is 4.98 Å². The number of primary amides is 1. The first-order valence-electron chi connectivity index (χ1n) is 5.99. The lowest BCUT2D eigenvalue weighted by molar-refractivity contribution is -0.144. The van der Waals surface area contributed by atoms with Gasteiger partial charge in [0.25, 0.3) is 0 Å². The van der Waals surface area contributed by atoms with Gasteiger partial charge in [-0.15, -0.1) is 0 Å². The van der Waals surface area contributed by atoms with Gasteiger partial charge in [0.15, 0.2) is 0 Å². The fourth-order valence-electron chi connectivity index (χ4n) is 2.44. The number of amides is 1. The number of rotatable bonds is 4. The van der Waals surface area contributed by atoms with Gasteiger partial charge in [-0.05, 0) is 25.0 Å². The van der Waals surface area contributed by atoms with Crippen LogP contribution in [-0.4, -0.2) is 40.0 Å². The predicted molar refractivity (Wildman–Crippen MR) is 64.7 cm³/mol. The van der Waals surface area contributed by atoms with E-state index in [1.54, 1.807) is 18.3 Å². The standard InChI is InChI=1S/C12H17N3O3/c13-11(16)8-3-6-15(7-4-8)10(12(17)18)9-2-1-5-14-9/h1-2,5,8,10,14H,3-4,6-7H2,(H2,13,16)(H,17,18). The minimum Gasteiger partial charge on any atom is -0.480 e. The summed E-state index contributed by atoms with van der Waals surface area (Å²) in [5, 5.41) is 9.32. The average molecular weight is 251 g/mol. The minimum absolute atomic E-state index is 0.126. The third kappa shape index (κ3) is 2.53. The van der Waals surface area contributed by atoms with Crippen LogP contribution in [-0.2, 0) is 9.59 Å². The molecule has 0 saturated carbocycles. The SMILES string of the molecule is NC(=O)C1CCN(C(C(=O)O)c2ccc[nH]2)CC1. The number of carboxylic acids is 1. The Morgan fingerprint density at radius 2 is 2.11 bits per heavy atom. The lowest BCUT2D eigenvalue weighted by Crippen LogP contribution is -2.42. The van der Waals surface area contributed by atoms with Gasteiger partial charge in [0.1, 0.15) is 6.04 Å². The zero-order valence-corrected chi connectivity index (χ0v) is 10.0. The Morgan fingerprint density at radius 3 is 2.56 bits per heavy atom. The van der Waals surface area contributed by atoms with Crippen molar-refractivity contribution < 1.29 is 14.7 Å². The summed E-state index contributed by atoms with van der Waals surface area (Å²) in [6.07, 6.45) is 2.96. The molecule has 0 aliphatic carbocycles. The number of hydrogen-bond acceptors (Lipinski definition) is 3. The number of carbonyl (C=O) groups excluding carboxylic acids is 1. The van der Waals surface area contributed by atoms with Crippen LogP contribution in [0.1, 0.15) is 24.6 Å². The Hall–Kier alpha value is -1.82. The molecule has 0 aromatic carbocycles. The molecule has 4 N–H and O–H groups in total. The highest BCUT2D eigenvalue weighted by Gasteiger charge is 2.32. The lowest BCUT2D eigenvalue weighted by Gasteiger charge is -2.34. The van der Waals surface area contributed by atoms with E-state index in [0.29, 0.717) is 31.6 Å². The molecule has 0 bridgehead atoms. The van der Waals surface area contributed by atoms with Gasteiger partial charge in [-0.1, -0.05) is 0 Å². The number of aromatic amines is 1. The second-order valence-corrected chi connectivity index (χ2v) is 4.58. The summed E-state index contributed by atoms with van der Waals surface area (Å²) in [6.45, 7) is 1.15. The van der Waals surface area contributed by atoms with E-state index in [0.717, 1.165) is 0 Å². The van der Waals surface area contributed by atoms with Crippen LogP contribution in [0.3, 0.4) is 0 Å². The maximum absolute atomic E-state index is 11.4. The van der Waals surface area contributed by atoms with Gasteiger partial charge in [0, 0.05) is 30.9 Å². The molecule has 98 valence electrons. The molecule has 1 amide bonds. The highest BCUT2D eigenvalue weighted by Crippen LogP contribution is 2.26. The van der Waals surface area contributed by atoms with Crippen LogP contribution in [0.25, 0.3) is 0 Å². The Labute approximate surface area is 105 Å². The van der Waals surface area contributed by atoms with Crippen LogP contribution >= 0.6 is 0 Å². The van der Waals surface area contributed by atoms with Crippen molar-refractivity contribution in [3.8, 4) is 0 Å². The predicted octanol–water partition coefficient (Wildman–Crippen LogP) is 0.338. The van der Waals surface area contributed by atoms with E-state index in [1.165, 1.54) is 0 Å². The Morgan fingerprint density at radius 1 is 1.44 bits per heavy atom. The molecule has 1 aliphatic heterocycles. The Kier molecular flexibility index (Phi) is 3.66. The molecule has 2 heterocycles. The minimum atomic E-state index is -0.880. The van der Waals surface area contributed by atoms with Crippen molar-refractivity contribution >= 4 is 11.9 Å². The summed E-state index contributed by atoms with van der Waals surface area (Å²) in [6, 6.07) is 2.87. The van der Waals surface area contributed by atoms with Crippen molar-refractivity contribution in [1.82, 2.24) is 9.88 Å². The van der Waals surface area contributed by atoms with E-state index in [-0.39, 0.29) is 11.8 Å². The largest absolute Gasteiger partial charge is 0.480 e. The third-order valence-corrected chi connectivity index (χ3v) is 3.45. The molecule has 1 aromatic heterocycles. The fourth-order valence-corrected chi connectivity index (χ4v) is 2.44. The number of likely N-dealkylation sites (tertiary alicyclic amines) is 1. The second kappa shape index (κ2) is 5.22. The Balaban J connectivity index is 2.06. The second-order valence-electron chi connectivity index (χ2n) is 4.58. The highest BCUT2D eigenvalue weighted by molar-refractivity contribution is 5.77. The zero-order valence-electron chi connectivity index (χ0n) is 10.0. The highest BCUT2D eigenvalue weighted by atomic mass is 16.4. The van der Waals surface area contributed by atoms with Crippen LogP contribution in [0.2, 0.25) is 0 Å². The molecule has 6 nitrogen and oxygen atoms in total. The topological polar surface area (TPSA) is 99.4 Å². The molecular formula is C12H17N3O3. The summed E-state index contributed by atoms with van der Waals surface area (Å²) < 4.78 is 0. The van der Waals surface area contributed by atoms with Gasteiger partial charge in [-0.25, -0.2) is 0 Å². The fraction of sp³-hybridized carbons (Fsp3) is 0.500. The van der Waals surface area contributed by atoms with Crippen LogP contribution in [0, 0.1) is 5.92 Å². The van der Waals surface area contributed by atoms with Crippen LogP contribution < -0.4 is 5.73 Å². The molecule has 18 heavy (non-hydrogen) atoms. The molecule has 0 radical (unpaired) electrons. The number of aliphatic carboxylic acids is 1. The molecule has 2 rings (SSSR count). The number of hydrogen-bond donors (Lipinski definition) is 3. The van der Waals surface area contributed by atoms with E-state index in [4.69, 9.17) is 5.73 Å². The lowest BCUT2D eigenvalue weighted by atomic mass is 9.95. The van der Waals surface area contributed by atoms with Gasteiger partial charge in [-0.3, -0.25) is 14.5 Å². The number of piperidine rings is 1. The van der Waals surface area contributed by atoms with Crippen molar-refractivity contribution in [2.75, 3.05) is 13.1 Å². The van der Waals surface area contributed by atoms with E-state index in [1.807, 2.05) is 4.90 Å². The van der Waals surface area contributed by atoms with E-state index < -0.39 is 12.0 Å². The molecule has 1 aliphatic rings. The number of nitrogens with one attached hydrogen (secondary N) is 1. The maximum atomic E-state index is 11.4. The van der Waals surface area contributed by atoms with Crippen LogP contribution in [0.4, 0.5) is 0 Å². The summed E-state index contributed by atoms with van der Waals surface area (Å²) >= 11 is 0. The summed E-state index contributed by atoms with van der Waals surface area (Å²) in [5.74, 6) is -1.30. The maximum Gasteiger partial charge on any atom is 0.327 e. The number of H-pyrrole nitrogens is 1. The molecule has 6 heteroatoms. The Bertz CT molecular complexity index is 422. The average Bonchev–Trinajstić information content (AvgIpc) is 2.83. The summed E-state index contributed by atoms with van der Waals surface area (Å²) in [7, 11) is 0. The quantitative estimate of drug-likeness (QED) is 0.718. The number of nitrogens with two attached hydrogens (primary N) is 1. The first-order valence-corrected chi connectivity index (χ1v) is 5.99. The van der Waals surface area contributed by atoms with Gasteiger partial charge >= 0.3 is 5.97 Å². The van der Waals surface area contributed by atoms with Crippen molar-refractivity contribution in [3.63, 3.8) is 0 Å². The van der Waals surface area contributed by atoms with Crippen molar-refractivity contribution in [2.24, 2.45) is 11.7 Å². The number of nitrogens with zero attached hydrogens (tertiary/aromatic N) is 1. The molecule has 1 fully saturated rings. The smallest absolute Gasteiger partial charge is 0.327 e. The molecule has 1 saturated heterocycles. The number of carbonyl (C=O) groups is 2. The third-order valence-electron chi connectivity index (χ3n) is 3.45. The normalized spacial score (nSPS) is 19.6. The van der Waals surface area contributed by atoms with Gasteiger partial charge in [0.2, 0.25) is 5.91 Å². The van der Waals surface area contributed by atoms with Crippen molar-refractivity contribution in [2.45, 2.75) is 18.9 Å². The van der Waals surface area contributed by atoms with Crippen LogP contribution in [0.5, 0.6) is 0 Å².